The van der Waals surface area contributed by atoms with E-state index in [-0.39, 0.29) is 12.0 Å². The molecule has 2 N–H and O–H groups in total. The van der Waals surface area contributed by atoms with Gasteiger partial charge in [0.1, 0.15) is 18.5 Å². The molecule has 2 saturated heterocycles. The lowest BCUT2D eigenvalue weighted by atomic mass is 10.2. The Hall–Kier alpha value is -2.69. The van der Waals surface area contributed by atoms with Crippen LogP contribution >= 0.6 is 11.3 Å². The first-order valence-electron chi connectivity index (χ1n) is 10.6. The summed E-state index contributed by atoms with van der Waals surface area (Å²) in [5.74, 6) is -0.741. The van der Waals surface area contributed by atoms with Crippen molar-refractivity contribution in [2.45, 2.75) is 19.6 Å². The smallest absolute Gasteiger partial charge is 0.414 e. The summed E-state index contributed by atoms with van der Waals surface area (Å²) in [4.78, 5) is 31.3. The van der Waals surface area contributed by atoms with Crippen molar-refractivity contribution in [2.24, 2.45) is 0 Å². The van der Waals surface area contributed by atoms with Crippen LogP contribution in [0.25, 0.3) is 0 Å². The van der Waals surface area contributed by atoms with Crippen molar-refractivity contribution in [3.05, 3.63) is 45.9 Å². The van der Waals surface area contributed by atoms with Crippen LogP contribution in [0.3, 0.4) is 0 Å². The molecule has 2 fully saturated rings. The zero-order chi connectivity index (χ0) is 22.7. The normalized spacial score (nSPS) is 18.9. The molecule has 10 heteroatoms. The fourth-order valence-corrected chi connectivity index (χ4v) is 4.85. The van der Waals surface area contributed by atoms with E-state index >= 15 is 0 Å². The van der Waals surface area contributed by atoms with Crippen LogP contribution in [0.2, 0.25) is 0 Å². The standard InChI is InChI=1S/C22H27FN4O4S/c1-15-2-4-18(32-15)12-24-11-17-13-27(22(30)31-17)16-3-5-20(19(23)10-16)25-6-8-26(9-7-25)21(29)14-28/h2-5,10,17,24,28H,6-9,11-14H2,1H3/t17-/m0/s1. The predicted octanol–water partition coefficient (Wildman–Crippen LogP) is 1.95. The number of halogens is 1. The Balaban J connectivity index is 1.32. The number of rotatable bonds is 7. The fraction of sp³-hybridized carbons (Fsp3) is 0.455. The summed E-state index contributed by atoms with van der Waals surface area (Å²) < 4.78 is 20.3. The molecule has 3 heterocycles. The number of aryl methyl sites for hydroxylation is 1. The van der Waals surface area contributed by atoms with Gasteiger partial charge in [-0.25, -0.2) is 9.18 Å². The van der Waals surface area contributed by atoms with Gasteiger partial charge in [0.25, 0.3) is 0 Å². The molecule has 4 rings (SSSR count). The lowest BCUT2D eigenvalue weighted by Gasteiger charge is -2.36. The number of hydrogen-bond acceptors (Lipinski definition) is 7. The summed E-state index contributed by atoms with van der Waals surface area (Å²) in [7, 11) is 0. The Kier molecular flexibility index (Phi) is 6.92. The summed E-state index contributed by atoms with van der Waals surface area (Å²) in [6.45, 7) is 4.96. The first-order valence-corrected chi connectivity index (χ1v) is 11.4. The first kappa shape index (κ1) is 22.5. The number of nitrogens with one attached hydrogen (secondary N) is 1. The Bertz CT molecular complexity index is 977. The second kappa shape index (κ2) is 9.85. The Morgan fingerprint density at radius 2 is 2.03 bits per heavy atom. The van der Waals surface area contributed by atoms with E-state index in [0.29, 0.717) is 57.2 Å². The van der Waals surface area contributed by atoms with E-state index in [1.54, 1.807) is 28.4 Å². The summed E-state index contributed by atoms with van der Waals surface area (Å²) in [5, 5.41) is 12.3. The van der Waals surface area contributed by atoms with Gasteiger partial charge in [-0.3, -0.25) is 9.69 Å². The number of nitrogens with zero attached hydrogens (tertiary/aromatic N) is 3. The maximum atomic E-state index is 14.9. The number of benzene rings is 1. The average Bonchev–Trinajstić information content (AvgIpc) is 3.38. The molecule has 8 nitrogen and oxygen atoms in total. The van der Waals surface area contributed by atoms with Gasteiger partial charge in [-0.1, -0.05) is 0 Å². The largest absolute Gasteiger partial charge is 0.443 e. The minimum Gasteiger partial charge on any atom is -0.443 e. The van der Waals surface area contributed by atoms with E-state index in [4.69, 9.17) is 9.84 Å². The highest BCUT2D eigenvalue weighted by Crippen LogP contribution is 2.28. The van der Waals surface area contributed by atoms with Gasteiger partial charge in [0, 0.05) is 49.0 Å². The molecule has 2 aliphatic heterocycles. The van der Waals surface area contributed by atoms with Crippen molar-refractivity contribution in [3.63, 3.8) is 0 Å². The molecule has 2 amide bonds. The molecule has 1 aromatic heterocycles. The number of piperazine rings is 1. The number of ether oxygens (including phenoxy) is 1. The highest BCUT2D eigenvalue weighted by molar-refractivity contribution is 7.11. The number of carbonyl (C=O) groups is 2. The topological polar surface area (TPSA) is 85.4 Å². The van der Waals surface area contributed by atoms with Gasteiger partial charge in [-0.2, -0.15) is 0 Å². The molecule has 32 heavy (non-hydrogen) atoms. The van der Waals surface area contributed by atoms with Gasteiger partial charge < -0.3 is 25.0 Å². The quantitative estimate of drug-likeness (QED) is 0.654. The summed E-state index contributed by atoms with van der Waals surface area (Å²) >= 11 is 1.73. The van der Waals surface area contributed by atoms with E-state index in [1.807, 2.05) is 4.90 Å². The summed E-state index contributed by atoms with van der Waals surface area (Å²) in [5.41, 5.74) is 0.892. The van der Waals surface area contributed by atoms with Crippen LogP contribution in [0, 0.1) is 12.7 Å². The van der Waals surface area contributed by atoms with Gasteiger partial charge in [0.2, 0.25) is 5.91 Å². The van der Waals surface area contributed by atoms with Gasteiger partial charge in [0.05, 0.1) is 17.9 Å². The number of anilines is 2. The van der Waals surface area contributed by atoms with Crippen LogP contribution < -0.4 is 15.1 Å². The highest BCUT2D eigenvalue weighted by Gasteiger charge is 2.33. The summed E-state index contributed by atoms with van der Waals surface area (Å²) in [6.07, 6.45) is -0.782. The lowest BCUT2D eigenvalue weighted by molar-refractivity contribution is -0.134. The van der Waals surface area contributed by atoms with Crippen molar-refractivity contribution in [1.29, 1.82) is 0 Å². The maximum Gasteiger partial charge on any atom is 0.414 e. The molecule has 0 spiro atoms. The second-order valence-electron chi connectivity index (χ2n) is 7.92. The van der Waals surface area contributed by atoms with Crippen molar-refractivity contribution < 1.29 is 23.8 Å². The number of carbonyl (C=O) groups excluding carboxylic acids is 2. The van der Waals surface area contributed by atoms with Gasteiger partial charge in [-0.15, -0.1) is 11.3 Å². The molecule has 0 saturated carbocycles. The number of thiophene rings is 1. The van der Waals surface area contributed by atoms with Crippen molar-refractivity contribution in [1.82, 2.24) is 10.2 Å². The molecule has 0 bridgehead atoms. The Morgan fingerprint density at radius 3 is 2.69 bits per heavy atom. The number of cyclic esters (lactones) is 1. The summed E-state index contributed by atoms with van der Waals surface area (Å²) in [6, 6.07) is 8.88. The molecule has 0 aliphatic carbocycles. The van der Waals surface area contributed by atoms with Gasteiger partial charge in [0.15, 0.2) is 0 Å². The molecular formula is C22H27FN4O4S. The molecule has 0 radical (unpaired) electrons. The molecule has 172 valence electrons. The van der Waals surface area contributed by atoms with Crippen LogP contribution in [-0.4, -0.2) is 74.0 Å². The fourth-order valence-electron chi connectivity index (χ4n) is 3.99. The van der Waals surface area contributed by atoms with Gasteiger partial charge in [-0.05, 0) is 37.3 Å². The zero-order valence-electron chi connectivity index (χ0n) is 17.9. The average molecular weight is 463 g/mol. The zero-order valence-corrected chi connectivity index (χ0v) is 18.7. The molecule has 2 aliphatic rings. The third-order valence-electron chi connectivity index (χ3n) is 5.69. The first-order chi connectivity index (χ1) is 15.4. The third kappa shape index (κ3) is 5.03. The molecule has 1 atom stereocenters. The molecule has 1 aromatic carbocycles. The van der Waals surface area contributed by atoms with E-state index in [2.05, 4.69) is 24.4 Å². The van der Waals surface area contributed by atoms with Crippen molar-refractivity contribution in [2.75, 3.05) is 55.7 Å². The SMILES string of the molecule is Cc1ccc(CNC[C@H]2CN(c3ccc(N4CCN(C(=O)CO)CC4)c(F)c3)C(=O)O2)s1. The lowest BCUT2D eigenvalue weighted by Crippen LogP contribution is -2.49. The third-order valence-corrected chi connectivity index (χ3v) is 6.69. The van der Waals surface area contributed by atoms with E-state index in [1.165, 1.54) is 20.7 Å². The minimum absolute atomic E-state index is 0.302. The number of amides is 2. The maximum absolute atomic E-state index is 14.9. The van der Waals surface area contributed by atoms with Crippen molar-refractivity contribution in [3.8, 4) is 0 Å². The highest BCUT2D eigenvalue weighted by atomic mass is 32.1. The molecule has 2 aromatic rings. The predicted molar refractivity (Wildman–Crippen MR) is 121 cm³/mol. The Labute approximate surface area is 190 Å². The molecule has 0 unspecified atom stereocenters. The van der Waals surface area contributed by atoms with Crippen LogP contribution in [0.5, 0.6) is 0 Å². The van der Waals surface area contributed by atoms with Crippen LogP contribution in [0.15, 0.2) is 30.3 Å². The van der Waals surface area contributed by atoms with Crippen LogP contribution in [-0.2, 0) is 16.1 Å². The second-order valence-corrected chi connectivity index (χ2v) is 9.29. The van der Waals surface area contributed by atoms with E-state index < -0.39 is 18.5 Å². The number of hydrogen-bond donors (Lipinski definition) is 2. The van der Waals surface area contributed by atoms with E-state index in [0.717, 1.165) is 0 Å². The number of aliphatic hydroxyl groups excluding tert-OH is 1. The molecular weight excluding hydrogens is 435 g/mol. The Morgan fingerprint density at radius 1 is 1.25 bits per heavy atom. The monoisotopic (exact) mass is 462 g/mol. The van der Waals surface area contributed by atoms with Crippen LogP contribution in [0.4, 0.5) is 20.6 Å². The van der Waals surface area contributed by atoms with Gasteiger partial charge >= 0.3 is 6.09 Å². The van der Waals surface area contributed by atoms with E-state index in [9.17, 15) is 14.0 Å². The van der Waals surface area contributed by atoms with Crippen molar-refractivity contribution >= 4 is 34.7 Å². The minimum atomic E-state index is -0.515. The van der Waals surface area contributed by atoms with Crippen LogP contribution in [0.1, 0.15) is 9.75 Å². The number of aliphatic hydroxyl groups is 1.